The molecule has 0 amide bonds. The molecular weight excluding hydrogens is 297 g/mol. The highest BCUT2D eigenvalue weighted by atomic mass is 35.5. The molecule has 0 aliphatic carbocycles. The molecule has 1 aromatic carbocycles. The van der Waals surface area contributed by atoms with Crippen LogP contribution in [0.25, 0.3) is 0 Å². The highest BCUT2D eigenvalue weighted by molar-refractivity contribution is 8.00. The highest BCUT2D eigenvalue weighted by Crippen LogP contribution is 2.62. The van der Waals surface area contributed by atoms with E-state index in [1.165, 1.54) is 0 Å². The first-order chi connectivity index (χ1) is 7.61. The number of alkyl halides is 4. The van der Waals surface area contributed by atoms with E-state index < -0.39 is 55.9 Å². The zero-order valence-electron chi connectivity index (χ0n) is 7.43. The minimum absolute atomic E-state index is 0.933. The second kappa shape index (κ2) is 3.44. The number of fused-ring (bicyclic) bond motifs is 1. The van der Waals surface area contributed by atoms with Crippen LogP contribution >= 0.6 is 23.4 Å². The first-order valence-corrected chi connectivity index (χ1v) is 5.11. The van der Waals surface area contributed by atoms with Gasteiger partial charge in [-0.2, -0.15) is 17.6 Å². The Morgan fingerprint density at radius 3 is 1.94 bits per heavy atom. The predicted molar refractivity (Wildman–Crippen MR) is 46.0 cm³/mol. The zero-order chi connectivity index (χ0) is 13.2. The molecule has 0 nitrogen and oxygen atoms in total. The number of rotatable bonds is 0. The smallest absolute Gasteiger partial charge is 0.205 e. The Balaban J connectivity index is 2.85. The fraction of sp³-hybridized carbons (Fsp3) is 0.250. The van der Waals surface area contributed by atoms with Crippen molar-refractivity contribution in [1.82, 2.24) is 0 Å². The Bertz CT molecular complexity index is 513. The molecule has 0 bridgehead atoms. The molecule has 0 saturated carbocycles. The number of halogens is 8. The quantitative estimate of drug-likeness (QED) is 0.384. The van der Waals surface area contributed by atoms with Crippen LogP contribution in [0.4, 0.5) is 30.7 Å². The second-order valence-corrected chi connectivity index (χ2v) is 4.66. The predicted octanol–water partition coefficient (Wildman–Crippen LogP) is 4.55. The van der Waals surface area contributed by atoms with Crippen LogP contribution in [0, 0.1) is 17.5 Å². The summed E-state index contributed by atoms with van der Waals surface area (Å²) in [5.41, 5.74) is -1.91. The maximum atomic E-state index is 13.2. The van der Waals surface area contributed by atoms with Crippen molar-refractivity contribution in [2.75, 3.05) is 0 Å². The van der Waals surface area contributed by atoms with E-state index in [0.29, 0.717) is 0 Å². The van der Waals surface area contributed by atoms with Crippen LogP contribution < -0.4 is 0 Å². The lowest BCUT2D eigenvalue weighted by atomic mass is 10.1. The van der Waals surface area contributed by atoms with Crippen molar-refractivity contribution in [3.63, 3.8) is 0 Å². The zero-order valence-corrected chi connectivity index (χ0v) is 9.00. The summed E-state index contributed by atoms with van der Waals surface area (Å²) in [6.45, 7) is 0. The minimum atomic E-state index is -4.95. The largest absolute Gasteiger partial charge is 0.365 e. The van der Waals surface area contributed by atoms with E-state index in [9.17, 15) is 30.7 Å². The molecule has 0 aromatic heterocycles. The van der Waals surface area contributed by atoms with E-state index in [-0.39, 0.29) is 0 Å². The molecule has 1 aliphatic heterocycles. The molecule has 0 unspecified atom stereocenters. The molecule has 0 fully saturated rings. The lowest BCUT2D eigenvalue weighted by molar-refractivity contribution is -0.156. The molecule has 1 heterocycles. The highest BCUT2D eigenvalue weighted by Gasteiger charge is 2.67. The Kier molecular flexibility index (Phi) is 2.59. The van der Waals surface area contributed by atoms with Gasteiger partial charge in [-0.05, 0) is 11.8 Å². The lowest BCUT2D eigenvalue weighted by Crippen LogP contribution is -2.30. The van der Waals surface area contributed by atoms with Gasteiger partial charge in [0.2, 0.25) is 0 Å². The van der Waals surface area contributed by atoms with Crippen molar-refractivity contribution in [3.8, 4) is 0 Å². The van der Waals surface area contributed by atoms with Crippen molar-refractivity contribution in [1.29, 1.82) is 0 Å². The van der Waals surface area contributed by atoms with Crippen LogP contribution in [0.15, 0.2) is 4.90 Å². The first-order valence-electron chi connectivity index (χ1n) is 3.92. The normalized spacial score (nSPS) is 20.5. The third kappa shape index (κ3) is 1.46. The van der Waals surface area contributed by atoms with Gasteiger partial charge in [0.1, 0.15) is 5.02 Å². The SMILES string of the molecule is Fc1c(F)c2c(c(F)c1Cl)C(F)(F)C(F)(F)S2. The van der Waals surface area contributed by atoms with Gasteiger partial charge >= 0.3 is 11.2 Å². The third-order valence-corrected chi connectivity index (χ3v) is 3.57. The van der Waals surface area contributed by atoms with Crippen LogP contribution in [-0.2, 0) is 5.92 Å². The summed E-state index contributed by atoms with van der Waals surface area (Å²) in [5.74, 6) is -11.0. The third-order valence-electron chi connectivity index (χ3n) is 2.13. The lowest BCUT2D eigenvalue weighted by Gasteiger charge is -2.17. The molecule has 94 valence electrons. The van der Waals surface area contributed by atoms with Gasteiger partial charge in [0.05, 0.1) is 10.5 Å². The fourth-order valence-electron chi connectivity index (χ4n) is 1.33. The summed E-state index contributed by atoms with van der Waals surface area (Å²) in [4.78, 5) is -1.46. The van der Waals surface area contributed by atoms with Crippen molar-refractivity contribution >= 4 is 23.4 Å². The van der Waals surface area contributed by atoms with Gasteiger partial charge in [-0.15, -0.1) is 0 Å². The first kappa shape index (κ1) is 12.8. The molecular formula is C8ClF7S. The van der Waals surface area contributed by atoms with Crippen molar-refractivity contribution < 1.29 is 30.7 Å². The van der Waals surface area contributed by atoms with E-state index in [1.54, 1.807) is 0 Å². The van der Waals surface area contributed by atoms with Crippen LogP contribution in [-0.4, -0.2) is 5.25 Å². The van der Waals surface area contributed by atoms with Crippen molar-refractivity contribution in [2.24, 2.45) is 0 Å². The summed E-state index contributed by atoms with van der Waals surface area (Å²) in [5, 5.41) is -6.33. The van der Waals surface area contributed by atoms with Crippen LogP contribution in [0.2, 0.25) is 5.02 Å². The average molecular weight is 297 g/mol. The fourth-order valence-corrected chi connectivity index (χ4v) is 2.49. The van der Waals surface area contributed by atoms with Gasteiger partial charge in [0.25, 0.3) is 0 Å². The van der Waals surface area contributed by atoms with Gasteiger partial charge in [-0.25, -0.2) is 13.2 Å². The molecule has 1 aromatic rings. The number of hydrogen-bond donors (Lipinski definition) is 0. The van der Waals surface area contributed by atoms with E-state index in [1.807, 2.05) is 0 Å². The molecule has 0 saturated heterocycles. The maximum Gasteiger partial charge on any atom is 0.365 e. The molecule has 0 radical (unpaired) electrons. The molecule has 9 heteroatoms. The van der Waals surface area contributed by atoms with Crippen LogP contribution in [0.5, 0.6) is 0 Å². The Morgan fingerprint density at radius 2 is 1.41 bits per heavy atom. The van der Waals surface area contributed by atoms with E-state index in [0.717, 1.165) is 0 Å². The monoisotopic (exact) mass is 296 g/mol. The van der Waals surface area contributed by atoms with Gasteiger partial charge in [0.15, 0.2) is 17.5 Å². The maximum absolute atomic E-state index is 13.2. The van der Waals surface area contributed by atoms with Crippen molar-refractivity contribution in [2.45, 2.75) is 16.1 Å². The molecule has 0 N–H and O–H groups in total. The van der Waals surface area contributed by atoms with Crippen molar-refractivity contribution in [3.05, 3.63) is 28.0 Å². The van der Waals surface area contributed by atoms with Crippen LogP contribution in [0.1, 0.15) is 5.56 Å². The Hall–Kier alpha value is -0.630. The molecule has 2 rings (SSSR count). The minimum Gasteiger partial charge on any atom is -0.205 e. The molecule has 17 heavy (non-hydrogen) atoms. The Labute approximate surface area is 98.7 Å². The van der Waals surface area contributed by atoms with E-state index in [4.69, 9.17) is 11.6 Å². The summed E-state index contributed by atoms with van der Waals surface area (Å²) in [6.07, 6.45) is 0. The molecule has 0 spiro atoms. The van der Waals surface area contributed by atoms with E-state index in [2.05, 4.69) is 0 Å². The molecule has 1 aliphatic rings. The molecule has 0 atom stereocenters. The van der Waals surface area contributed by atoms with Gasteiger partial charge in [-0.3, -0.25) is 0 Å². The average Bonchev–Trinajstić information content (AvgIpc) is 2.40. The van der Waals surface area contributed by atoms with Crippen LogP contribution in [0.3, 0.4) is 0 Å². The summed E-state index contributed by atoms with van der Waals surface area (Å²) in [7, 11) is 0. The topological polar surface area (TPSA) is 0 Å². The summed E-state index contributed by atoms with van der Waals surface area (Å²) < 4.78 is 91.2. The van der Waals surface area contributed by atoms with Gasteiger partial charge < -0.3 is 0 Å². The summed E-state index contributed by atoms with van der Waals surface area (Å²) >= 11 is 3.98. The standard InChI is InChI=1S/C8ClF7S/c9-2-3(10)1-6(5(12)4(2)11)17-8(15,16)7(1,13)14. The Morgan fingerprint density at radius 1 is 0.882 bits per heavy atom. The number of hydrogen-bond acceptors (Lipinski definition) is 1. The number of benzene rings is 1. The second-order valence-electron chi connectivity index (χ2n) is 3.15. The summed E-state index contributed by atoms with van der Waals surface area (Å²) in [6, 6.07) is 0. The number of thioether (sulfide) groups is 1. The van der Waals surface area contributed by atoms with Gasteiger partial charge in [-0.1, -0.05) is 11.6 Å². The van der Waals surface area contributed by atoms with Gasteiger partial charge in [0, 0.05) is 0 Å². The van der Waals surface area contributed by atoms with E-state index >= 15 is 0 Å².